The van der Waals surface area contributed by atoms with E-state index in [1.807, 2.05) is 30.3 Å². The first-order valence-corrected chi connectivity index (χ1v) is 9.36. The van der Waals surface area contributed by atoms with Crippen molar-refractivity contribution in [3.63, 3.8) is 0 Å². The molecule has 1 amide bonds. The van der Waals surface area contributed by atoms with E-state index < -0.39 is 5.91 Å². The Bertz CT molecular complexity index is 1220. The first-order chi connectivity index (χ1) is 14.2. The van der Waals surface area contributed by atoms with Crippen LogP contribution in [0.1, 0.15) is 27.2 Å². The van der Waals surface area contributed by atoms with Gasteiger partial charge in [0.1, 0.15) is 5.82 Å². The summed E-state index contributed by atoms with van der Waals surface area (Å²) in [4.78, 5) is 24.4. The zero-order chi connectivity index (χ0) is 19.8. The van der Waals surface area contributed by atoms with Gasteiger partial charge in [-0.15, -0.1) is 0 Å². The van der Waals surface area contributed by atoms with Gasteiger partial charge in [0.25, 0.3) is 0 Å². The summed E-state index contributed by atoms with van der Waals surface area (Å²) >= 11 is 0. The minimum atomic E-state index is -0.463. The molecule has 0 fully saturated rings. The predicted molar refractivity (Wildman–Crippen MR) is 110 cm³/mol. The highest BCUT2D eigenvalue weighted by Gasteiger charge is 2.22. The number of aromatic nitrogens is 3. The highest BCUT2D eigenvalue weighted by molar-refractivity contribution is 6.09. The van der Waals surface area contributed by atoms with Crippen LogP contribution in [-0.2, 0) is 24.5 Å². The molecule has 4 aromatic rings. The maximum absolute atomic E-state index is 11.7. The number of H-pyrrole nitrogens is 1. The first-order valence-electron chi connectivity index (χ1n) is 9.36. The summed E-state index contributed by atoms with van der Waals surface area (Å²) in [5.74, 6) is 0.858. The number of nitrogens with one attached hydrogen (secondary N) is 2. The second-order valence-corrected chi connectivity index (χ2v) is 6.95. The minimum Gasteiger partial charge on any atom is -0.370 e. The van der Waals surface area contributed by atoms with Crippen LogP contribution >= 0.6 is 0 Å². The van der Waals surface area contributed by atoms with Crippen molar-refractivity contribution >= 4 is 22.5 Å². The number of nitrogens with two attached hydrogens (primary N) is 1. The van der Waals surface area contributed by atoms with Gasteiger partial charge in [-0.3, -0.25) is 4.79 Å². The van der Waals surface area contributed by atoms with E-state index >= 15 is 0 Å². The van der Waals surface area contributed by atoms with Gasteiger partial charge in [0.15, 0.2) is 5.82 Å². The Morgan fingerprint density at radius 1 is 1.07 bits per heavy atom. The molecule has 5 rings (SSSR count). The lowest BCUT2D eigenvalue weighted by atomic mass is 10.1. The fourth-order valence-corrected chi connectivity index (χ4v) is 3.65. The van der Waals surface area contributed by atoms with Crippen LogP contribution in [0.25, 0.3) is 22.3 Å². The Morgan fingerprint density at radius 3 is 2.76 bits per heavy atom. The maximum Gasteiger partial charge on any atom is 0.249 e. The molecule has 0 atom stereocenters. The second kappa shape index (κ2) is 7.03. The Labute approximate surface area is 166 Å². The number of aromatic amines is 1. The van der Waals surface area contributed by atoms with E-state index in [-0.39, 0.29) is 0 Å². The largest absolute Gasteiger partial charge is 0.370 e. The van der Waals surface area contributed by atoms with E-state index in [0.717, 1.165) is 39.1 Å². The van der Waals surface area contributed by atoms with Crippen molar-refractivity contribution in [1.82, 2.24) is 15.0 Å². The highest BCUT2D eigenvalue weighted by atomic mass is 16.5. The van der Waals surface area contributed by atoms with Crippen LogP contribution in [0, 0.1) is 0 Å². The van der Waals surface area contributed by atoms with Crippen LogP contribution in [-0.4, -0.2) is 20.9 Å². The molecule has 144 valence electrons. The molecule has 4 N–H and O–H groups in total. The molecule has 0 saturated heterocycles. The maximum atomic E-state index is 11.7. The molecule has 7 nitrogen and oxygen atoms in total. The van der Waals surface area contributed by atoms with Crippen molar-refractivity contribution in [3.8, 4) is 11.5 Å². The third kappa shape index (κ3) is 3.11. The fraction of sp³-hybridized carbons (Fsp3) is 0.136. The zero-order valence-electron chi connectivity index (χ0n) is 15.6. The van der Waals surface area contributed by atoms with Gasteiger partial charge in [-0.2, -0.15) is 0 Å². The molecule has 2 aromatic heterocycles. The Morgan fingerprint density at radius 2 is 1.93 bits per heavy atom. The number of carbonyl (C=O) groups excluding carboxylic acids is 1. The number of anilines is 1. The lowest BCUT2D eigenvalue weighted by Gasteiger charge is -2.11. The summed E-state index contributed by atoms with van der Waals surface area (Å²) in [5.41, 5.74) is 9.75. The molecule has 1 aliphatic rings. The van der Waals surface area contributed by atoms with Crippen LogP contribution in [0.15, 0.2) is 54.7 Å². The van der Waals surface area contributed by atoms with Crippen molar-refractivity contribution in [2.75, 3.05) is 5.32 Å². The molecule has 1 aliphatic heterocycles. The summed E-state index contributed by atoms with van der Waals surface area (Å²) < 4.78 is 5.60. The average Bonchev–Trinajstić information content (AvgIpc) is 3.39. The van der Waals surface area contributed by atoms with Gasteiger partial charge in [-0.1, -0.05) is 42.5 Å². The van der Waals surface area contributed by atoms with Crippen LogP contribution in [0.3, 0.4) is 0 Å². The highest BCUT2D eigenvalue weighted by Crippen LogP contribution is 2.32. The number of hydrogen-bond donors (Lipinski definition) is 3. The SMILES string of the molecule is NC(=O)c1cccc2c(-c3nc4c(c(NCc5ccccc5)n3)COC4)[nH]cc12. The summed E-state index contributed by atoms with van der Waals surface area (Å²) in [6, 6.07) is 15.6. The molecular weight excluding hydrogens is 366 g/mol. The van der Waals surface area contributed by atoms with Gasteiger partial charge >= 0.3 is 0 Å². The van der Waals surface area contributed by atoms with Crippen LogP contribution in [0.5, 0.6) is 0 Å². The molecular formula is C22H19N5O2. The molecule has 0 radical (unpaired) electrons. The van der Waals surface area contributed by atoms with Crippen LogP contribution in [0.4, 0.5) is 5.82 Å². The van der Waals surface area contributed by atoms with E-state index in [4.69, 9.17) is 20.4 Å². The number of amides is 1. The molecule has 7 heteroatoms. The Balaban J connectivity index is 1.57. The zero-order valence-corrected chi connectivity index (χ0v) is 15.6. The van der Waals surface area contributed by atoms with E-state index in [0.29, 0.717) is 31.1 Å². The minimum absolute atomic E-state index is 0.454. The lowest BCUT2D eigenvalue weighted by molar-refractivity contribution is 0.100. The van der Waals surface area contributed by atoms with Crippen LogP contribution < -0.4 is 11.1 Å². The van der Waals surface area contributed by atoms with E-state index in [2.05, 4.69) is 22.4 Å². The number of benzene rings is 2. The van der Waals surface area contributed by atoms with Crippen molar-refractivity contribution in [2.45, 2.75) is 19.8 Å². The molecule has 2 aromatic carbocycles. The second-order valence-electron chi connectivity index (χ2n) is 6.95. The number of ether oxygens (including phenoxy) is 1. The summed E-state index contributed by atoms with van der Waals surface area (Å²) in [7, 11) is 0. The third-order valence-corrected chi connectivity index (χ3v) is 5.11. The van der Waals surface area contributed by atoms with Crippen LogP contribution in [0.2, 0.25) is 0 Å². The predicted octanol–water partition coefficient (Wildman–Crippen LogP) is 3.37. The van der Waals surface area contributed by atoms with Crippen molar-refractivity contribution in [1.29, 1.82) is 0 Å². The van der Waals surface area contributed by atoms with E-state index in [9.17, 15) is 4.79 Å². The van der Waals surface area contributed by atoms with Gasteiger partial charge in [0, 0.05) is 34.6 Å². The number of hydrogen-bond acceptors (Lipinski definition) is 5. The first kappa shape index (κ1) is 17.4. The monoisotopic (exact) mass is 385 g/mol. The molecule has 0 unspecified atom stereocenters. The number of carbonyl (C=O) groups is 1. The van der Waals surface area contributed by atoms with Gasteiger partial charge in [-0.25, -0.2) is 9.97 Å². The number of nitrogens with zero attached hydrogens (tertiary/aromatic N) is 2. The van der Waals surface area contributed by atoms with Crippen molar-refractivity contribution in [2.24, 2.45) is 5.73 Å². The van der Waals surface area contributed by atoms with Gasteiger partial charge in [-0.05, 0) is 11.6 Å². The number of primary amides is 1. The molecule has 0 saturated carbocycles. The van der Waals surface area contributed by atoms with Gasteiger partial charge < -0.3 is 20.8 Å². The third-order valence-electron chi connectivity index (χ3n) is 5.11. The van der Waals surface area contributed by atoms with Crippen molar-refractivity contribution < 1.29 is 9.53 Å². The van der Waals surface area contributed by atoms with Crippen molar-refractivity contribution in [3.05, 3.63) is 77.1 Å². The smallest absolute Gasteiger partial charge is 0.249 e. The van der Waals surface area contributed by atoms with Gasteiger partial charge in [0.05, 0.1) is 24.6 Å². The number of fused-ring (bicyclic) bond motifs is 2. The van der Waals surface area contributed by atoms with Gasteiger partial charge in [0.2, 0.25) is 5.91 Å². The van der Waals surface area contributed by atoms with E-state index in [1.165, 1.54) is 0 Å². The van der Waals surface area contributed by atoms with E-state index in [1.54, 1.807) is 12.3 Å². The molecule has 0 aliphatic carbocycles. The lowest BCUT2D eigenvalue weighted by Crippen LogP contribution is -2.10. The summed E-state index contributed by atoms with van der Waals surface area (Å²) in [5, 5.41) is 5.04. The summed E-state index contributed by atoms with van der Waals surface area (Å²) in [6.45, 7) is 1.60. The molecule has 0 bridgehead atoms. The Hall–Kier alpha value is -3.71. The summed E-state index contributed by atoms with van der Waals surface area (Å²) in [6.07, 6.45) is 1.77. The number of rotatable bonds is 5. The standard InChI is InChI=1S/C22H19N5O2/c23-20(28)15-8-4-7-14-16(15)10-24-19(14)22-26-18-12-29-11-17(18)21(27-22)25-9-13-5-2-1-3-6-13/h1-8,10,24H,9,11-12H2,(H2,23,28)(H,25,26,27). The Kier molecular flexibility index (Phi) is 4.22. The normalized spacial score (nSPS) is 12.8. The molecule has 3 heterocycles. The quantitative estimate of drug-likeness (QED) is 0.488. The average molecular weight is 385 g/mol. The topological polar surface area (TPSA) is 106 Å². The fourth-order valence-electron chi connectivity index (χ4n) is 3.65. The molecule has 0 spiro atoms. The molecule has 29 heavy (non-hydrogen) atoms.